The smallest absolute Gasteiger partial charge is 0.299 e. The predicted molar refractivity (Wildman–Crippen MR) is 61.6 cm³/mol. The summed E-state index contributed by atoms with van der Waals surface area (Å²) in [5, 5.41) is 39.5. The second-order valence-electron chi connectivity index (χ2n) is 3.60. The Labute approximate surface area is 122 Å². The summed E-state index contributed by atoms with van der Waals surface area (Å²) in [6, 6.07) is 0. The lowest BCUT2D eigenvalue weighted by molar-refractivity contribution is -0.836. The molecule has 0 fully saturated rings. The van der Waals surface area contributed by atoms with Gasteiger partial charge in [-0.2, -0.15) is 0 Å². The van der Waals surface area contributed by atoms with Gasteiger partial charge in [-0.3, -0.25) is 50.2 Å². The quantitative estimate of drug-likeness (QED) is 0.201. The molecule has 0 bridgehead atoms. The second-order valence-corrected chi connectivity index (χ2v) is 3.99. The van der Waals surface area contributed by atoms with E-state index in [1.165, 1.54) is 0 Å². The zero-order valence-electron chi connectivity index (χ0n) is 10.0. The van der Waals surface area contributed by atoms with Crippen LogP contribution in [0.15, 0.2) is 0 Å². The van der Waals surface area contributed by atoms with Gasteiger partial charge >= 0.3 is 11.8 Å². The summed E-state index contributed by atoms with van der Waals surface area (Å²) in [7, 11) is 0. The van der Waals surface area contributed by atoms with Gasteiger partial charge < -0.3 is 0 Å². The number of nitro groups is 4. The molecule has 0 spiro atoms. The largest absolute Gasteiger partial charge is 0.631 e. The van der Waals surface area contributed by atoms with Gasteiger partial charge in [0.15, 0.2) is 0 Å². The van der Waals surface area contributed by atoms with Gasteiger partial charge in [-0.25, -0.2) is 0 Å². The van der Waals surface area contributed by atoms with Crippen molar-refractivity contribution in [2.45, 2.75) is 11.8 Å². The summed E-state index contributed by atoms with van der Waals surface area (Å²) in [6.07, 6.45) is 0. The van der Waals surface area contributed by atoms with E-state index in [0.717, 1.165) is 0 Å². The lowest BCUT2D eigenvalue weighted by Crippen LogP contribution is -2.57. The highest BCUT2D eigenvalue weighted by atomic mass is 32.1. The Kier molecular flexibility index (Phi) is 5.58. The normalized spacial score (nSPS) is 11.6. The number of halogens is 2. The number of carbonyl (C=O) groups is 1. The lowest BCUT2D eigenvalue weighted by atomic mass is 10.3. The van der Waals surface area contributed by atoms with Crippen LogP contribution in [-0.4, -0.2) is 54.8 Å². The SMILES string of the molecule is O=C(S)N(CC(F)([N+](=O)[O-])[N+](=O)[O-])CC(F)([N+](=O)[O-])[N+](=O)[O-]. The highest BCUT2D eigenvalue weighted by molar-refractivity contribution is 7.96. The third-order valence-electron chi connectivity index (χ3n) is 2.17. The van der Waals surface area contributed by atoms with Gasteiger partial charge in [-0.1, -0.05) is 21.4 Å². The number of alkyl halides is 2. The van der Waals surface area contributed by atoms with E-state index in [1.54, 1.807) is 0 Å². The number of amides is 1. The number of carbonyl (C=O) groups excluding carboxylic acids is 1. The number of thiol groups is 1. The van der Waals surface area contributed by atoms with E-state index < -0.39 is 54.8 Å². The number of nitrogens with zero attached hydrogens (tertiary/aromatic N) is 5. The van der Waals surface area contributed by atoms with E-state index in [1.807, 2.05) is 0 Å². The van der Waals surface area contributed by atoms with Gasteiger partial charge in [0.05, 0.1) is 0 Å². The first-order chi connectivity index (χ1) is 9.79. The monoisotopic (exact) mass is 349 g/mol. The van der Waals surface area contributed by atoms with Crippen molar-refractivity contribution in [3.8, 4) is 0 Å². The molecule has 0 aliphatic rings. The molecule has 124 valence electrons. The van der Waals surface area contributed by atoms with E-state index in [9.17, 15) is 54.0 Å². The van der Waals surface area contributed by atoms with Gasteiger partial charge in [0.1, 0.15) is 19.7 Å². The van der Waals surface area contributed by atoms with Crippen LogP contribution >= 0.6 is 12.6 Å². The van der Waals surface area contributed by atoms with Crippen LogP contribution in [-0.2, 0) is 0 Å². The molecule has 0 aliphatic heterocycles. The molecule has 0 aromatic rings. The van der Waals surface area contributed by atoms with Crippen molar-refractivity contribution in [3.05, 3.63) is 40.5 Å². The summed E-state index contributed by atoms with van der Waals surface area (Å²) >= 11 is 2.95. The molecule has 0 radical (unpaired) electrons. The minimum atomic E-state index is -4.56. The average molecular weight is 349 g/mol. The fraction of sp³-hybridized carbons (Fsp3) is 0.800. The first-order valence-corrected chi connectivity index (χ1v) is 5.17. The Morgan fingerprint density at radius 1 is 0.864 bits per heavy atom. The first-order valence-electron chi connectivity index (χ1n) is 4.72. The zero-order valence-corrected chi connectivity index (χ0v) is 10.9. The van der Waals surface area contributed by atoms with E-state index in [0.29, 0.717) is 0 Å². The number of hydrogen-bond acceptors (Lipinski definition) is 9. The molecule has 0 aromatic carbocycles. The van der Waals surface area contributed by atoms with E-state index in [4.69, 9.17) is 0 Å². The molecule has 1 amide bonds. The molecule has 0 atom stereocenters. The Bertz CT molecular complexity index is 474. The van der Waals surface area contributed by atoms with Crippen molar-refractivity contribution >= 4 is 17.9 Å². The first kappa shape index (κ1) is 19.3. The van der Waals surface area contributed by atoms with Crippen molar-refractivity contribution in [2.24, 2.45) is 0 Å². The molecule has 14 nitrogen and oxygen atoms in total. The number of rotatable bonds is 8. The minimum Gasteiger partial charge on any atom is -0.299 e. The molecule has 0 heterocycles. The Balaban J connectivity index is 5.65. The summed E-state index contributed by atoms with van der Waals surface area (Å²) in [4.78, 5) is 43.3. The van der Waals surface area contributed by atoms with Crippen molar-refractivity contribution in [3.63, 3.8) is 0 Å². The van der Waals surface area contributed by atoms with Crippen LogP contribution in [0.2, 0.25) is 0 Å². The second kappa shape index (κ2) is 6.37. The summed E-state index contributed by atoms with van der Waals surface area (Å²) < 4.78 is 27.1. The van der Waals surface area contributed by atoms with E-state index in [-0.39, 0.29) is 0 Å². The summed E-state index contributed by atoms with van der Waals surface area (Å²) in [6.45, 7) is -4.27. The number of hydrogen-bond donors (Lipinski definition) is 1. The van der Waals surface area contributed by atoms with Crippen LogP contribution < -0.4 is 0 Å². The van der Waals surface area contributed by atoms with Crippen molar-refractivity contribution in [2.75, 3.05) is 13.1 Å². The molecule has 0 aliphatic carbocycles. The Hall–Kier alpha value is -2.72. The van der Waals surface area contributed by atoms with E-state index in [2.05, 4.69) is 12.6 Å². The maximum absolute atomic E-state index is 13.5. The maximum atomic E-state index is 13.5. The molecule has 0 unspecified atom stereocenters. The van der Waals surface area contributed by atoms with Gasteiger partial charge in [0.25, 0.3) is 5.24 Å². The third kappa shape index (κ3) is 3.68. The van der Waals surface area contributed by atoms with Crippen LogP contribution in [0.25, 0.3) is 0 Å². The van der Waals surface area contributed by atoms with Crippen LogP contribution in [0.5, 0.6) is 0 Å². The lowest BCUT2D eigenvalue weighted by Gasteiger charge is -2.20. The van der Waals surface area contributed by atoms with Crippen LogP contribution in [0.3, 0.4) is 0 Å². The highest BCUT2D eigenvalue weighted by Crippen LogP contribution is 2.21. The molecule has 0 rings (SSSR count). The van der Waals surface area contributed by atoms with E-state index >= 15 is 0 Å². The standard InChI is InChI=1S/C5H5F2N5O9S/c6-4(9(14)15,10(16)17)1-8(3(13)22)2-5(7,11(18)19)12(20)21/h1-2H2,(H,13,22). The summed E-state index contributed by atoms with van der Waals surface area (Å²) in [5.41, 5.74) is 0. The highest BCUT2D eigenvalue weighted by Gasteiger charge is 2.65. The molecule has 0 N–H and O–H groups in total. The van der Waals surface area contributed by atoms with Crippen LogP contribution in [0.1, 0.15) is 0 Å². The molecular formula is C5H5F2N5O9S. The Morgan fingerprint density at radius 2 is 1.09 bits per heavy atom. The molecule has 22 heavy (non-hydrogen) atoms. The average Bonchev–Trinajstić information content (AvgIpc) is 2.36. The molecule has 0 saturated carbocycles. The topological polar surface area (TPSA) is 193 Å². The van der Waals surface area contributed by atoms with Crippen molar-refractivity contribution in [1.29, 1.82) is 0 Å². The fourth-order valence-electron chi connectivity index (χ4n) is 1.04. The molecule has 17 heteroatoms. The van der Waals surface area contributed by atoms with Gasteiger partial charge in [0.2, 0.25) is 13.1 Å². The van der Waals surface area contributed by atoms with Crippen LogP contribution in [0, 0.1) is 40.5 Å². The van der Waals surface area contributed by atoms with Gasteiger partial charge in [0, 0.05) is 0 Å². The van der Waals surface area contributed by atoms with Gasteiger partial charge in [-0.15, -0.1) is 0 Å². The molecule has 0 saturated heterocycles. The van der Waals surface area contributed by atoms with Crippen LogP contribution in [0.4, 0.5) is 13.6 Å². The fourth-order valence-corrected chi connectivity index (χ4v) is 1.18. The Morgan fingerprint density at radius 3 is 1.23 bits per heavy atom. The minimum absolute atomic E-state index is 0.541. The predicted octanol–water partition coefficient (Wildman–Crippen LogP) is -0.308. The van der Waals surface area contributed by atoms with Gasteiger partial charge in [-0.05, 0) is 0 Å². The van der Waals surface area contributed by atoms with Crippen molar-refractivity contribution < 1.29 is 33.3 Å². The molecular weight excluding hydrogens is 344 g/mol. The third-order valence-corrected chi connectivity index (χ3v) is 2.46. The zero-order chi connectivity index (χ0) is 17.9. The maximum Gasteiger partial charge on any atom is 0.631 e. The summed E-state index contributed by atoms with van der Waals surface area (Å²) in [5.74, 6) is -9.13. The van der Waals surface area contributed by atoms with Crippen molar-refractivity contribution in [1.82, 2.24) is 4.90 Å². The molecule has 0 aromatic heterocycles.